The minimum Gasteiger partial charge on any atom is -0.0882 e. The molecule has 2 heteroatoms. The van der Waals surface area contributed by atoms with Gasteiger partial charge in [0, 0.05) is 40.2 Å². The molecule has 2 rings (SSSR count). The Bertz CT molecular complexity index is 182. The average molecular weight is 601 g/mol. The van der Waals surface area contributed by atoms with Crippen LogP contribution < -0.4 is 0 Å². The minimum atomic E-state index is 0. The molecule has 0 amide bonds. The van der Waals surface area contributed by atoms with Crippen LogP contribution in [0.4, 0.5) is 0 Å². The third kappa shape index (κ3) is 14.3. The Labute approximate surface area is 139 Å². The summed E-state index contributed by atoms with van der Waals surface area (Å²) in [7, 11) is 0. The van der Waals surface area contributed by atoms with E-state index in [2.05, 4.69) is 48.6 Å². The molecule has 0 aromatic carbocycles. The van der Waals surface area contributed by atoms with Crippen LogP contribution in [0, 0.1) is 0 Å². The SMILES string of the molecule is C1=CCCC=CCC1.C1=CCCC=CCC1.[Ir].[Ir]. The van der Waals surface area contributed by atoms with Crippen LogP contribution >= 0.6 is 0 Å². The Kier molecular flexibility index (Phi) is 19.7. The molecule has 0 N–H and O–H groups in total. The Morgan fingerprint density at radius 2 is 0.389 bits per heavy atom. The summed E-state index contributed by atoms with van der Waals surface area (Å²) in [5.41, 5.74) is 0. The van der Waals surface area contributed by atoms with Crippen molar-refractivity contribution in [1.29, 1.82) is 0 Å². The van der Waals surface area contributed by atoms with E-state index in [0.717, 1.165) is 0 Å². The molecule has 0 saturated carbocycles. The molecule has 2 aliphatic rings. The molecule has 0 unspecified atom stereocenters. The minimum absolute atomic E-state index is 0. The van der Waals surface area contributed by atoms with Crippen molar-refractivity contribution >= 4 is 0 Å². The average Bonchev–Trinajstić information content (AvgIpc) is 2.15. The number of rotatable bonds is 0. The molecule has 0 bridgehead atoms. The predicted octanol–water partition coefficient (Wildman–Crippen LogP) is 5.34. The maximum absolute atomic E-state index is 2.27. The van der Waals surface area contributed by atoms with Gasteiger partial charge in [0.2, 0.25) is 0 Å². The van der Waals surface area contributed by atoms with E-state index in [9.17, 15) is 0 Å². The standard InChI is InChI=1S/2C8H12.2Ir/c2*1-2-4-6-8-7-5-3-1;;/h2*1-2,7-8H,3-6H2;;. The fourth-order valence-corrected chi connectivity index (χ4v) is 1.71. The molecule has 2 aliphatic carbocycles. The summed E-state index contributed by atoms with van der Waals surface area (Å²) in [5.74, 6) is 0. The van der Waals surface area contributed by atoms with Crippen molar-refractivity contribution in [3.8, 4) is 0 Å². The second-order valence-electron chi connectivity index (χ2n) is 4.20. The van der Waals surface area contributed by atoms with E-state index >= 15 is 0 Å². The summed E-state index contributed by atoms with van der Waals surface area (Å²) < 4.78 is 0. The third-order valence-corrected chi connectivity index (χ3v) is 2.67. The molecule has 0 spiro atoms. The van der Waals surface area contributed by atoms with E-state index in [0.29, 0.717) is 0 Å². The number of hydrogen-bond acceptors (Lipinski definition) is 0. The quantitative estimate of drug-likeness (QED) is 0.330. The Balaban J connectivity index is 0. The first-order valence-electron chi connectivity index (χ1n) is 6.60. The first-order chi connectivity index (χ1) is 8.00. The molecule has 18 heavy (non-hydrogen) atoms. The predicted molar refractivity (Wildman–Crippen MR) is 73.5 cm³/mol. The van der Waals surface area contributed by atoms with E-state index in [1.165, 1.54) is 51.4 Å². The zero-order valence-corrected chi connectivity index (χ0v) is 15.7. The van der Waals surface area contributed by atoms with Crippen LogP contribution in [0.5, 0.6) is 0 Å². The molecule has 2 radical (unpaired) electrons. The summed E-state index contributed by atoms with van der Waals surface area (Å²) in [4.78, 5) is 0. The van der Waals surface area contributed by atoms with Crippen LogP contribution in [-0.2, 0) is 40.2 Å². The van der Waals surface area contributed by atoms with Gasteiger partial charge >= 0.3 is 0 Å². The van der Waals surface area contributed by atoms with E-state index < -0.39 is 0 Å². The molecule has 0 aromatic heterocycles. The summed E-state index contributed by atoms with van der Waals surface area (Å²) in [6.07, 6.45) is 28.0. The molecule has 0 aliphatic heterocycles. The van der Waals surface area contributed by atoms with Gasteiger partial charge in [-0.2, -0.15) is 0 Å². The topological polar surface area (TPSA) is 0 Å². The Morgan fingerprint density at radius 3 is 0.500 bits per heavy atom. The summed E-state index contributed by atoms with van der Waals surface area (Å²) >= 11 is 0. The summed E-state index contributed by atoms with van der Waals surface area (Å²) in [5, 5.41) is 0. The van der Waals surface area contributed by atoms with Gasteiger partial charge in [0.15, 0.2) is 0 Å². The van der Waals surface area contributed by atoms with Gasteiger partial charge in [-0.1, -0.05) is 48.6 Å². The van der Waals surface area contributed by atoms with Gasteiger partial charge in [-0.3, -0.25) is 0 Å². The van der Waals surface area contributed by atoms with Crippen molar-refractivity contribution in [2.45, 2.75) is 51.4 Å². The zero-order chi connectivity index (χ0) is 11.3. The molecular weight excluding hydrogens is 577 g/mol. The van der Waals surface area contributed by atoms with Crippen LogP contribution in [0.3, 0.4) is 0 Å². The number of hydrogen-bond donors (Lipinski definition) is 0. The van der Waals surface area contributed by atoms with Crippen LogP contribution in [0.15, 0.2) is 48.6 Å². The van der Waals surface area contributed by atoms with Gasteiger partial charge in [-0.05, 0) is 51.4 Å². The molecule has 106 valence electrons. The number of allylic oxidation sites excluding steroid dienone is 8. The first kappa shape index (κ1) is 20.6. The van der Waals surface area contributed by atoms with Crippen LogP contribution in [-0.4, -0.2) is 0 Å². The van der Waals surface area contributed by atoms with E-state index in [-0.39, 0.29) is 40.2 Å². The largest absolute Gasteiger partial charge is 0.0882 e. The van der Waals surface area contributed by atoms with Gasteiger partial charge in [-0.25, -0.2) is 0 Å². The molecule has 0 saturated heterocycles. The summed E-state index contributed by atoms with van der Waals surface area (Å²) in [6, 6.07) is 0. The summed E-state index contributed by atoms with van der Waals surface area (Å²) in [6.45, 7) is 0. The Hall–Kier alpha value is 0.259. The van der Waals surface area contributed by atoms with Gasteiger partial charge < -0.3 is 0 Å². The molecular formula is C16H24Ir2. The third-order valence-electron chi connectivity index (χ3n) is 2.67. The molecule has 0 atom stereocenters. The molecule has 0 aromatic rings. The van der Waals surface area contributed by atoms with E-state index in [4.69, 9.17) is 0 Å². The smallest absolute Gasteiger partial charge is 0 e. The Morgan fingerprint density at radius 1 is 0.278 bits per heavy atom. The van der Waals surface area contributed by atoms with E-state index in [1.807, 2.05) is 0 Å². The van der Waals surface area contributed by atoms with Gasteiger partial charge in [0.05, 0.1) is 0 Å². The van der Waals surface area contributed by atoms with Crippen molar-refractivity contribution in [2.24, 2.45) is 0 Å². The van der Waals surface area contributed by atoms with Crippen molar-refractivity contribution in [2.75, 3.05) is 0 Å². The monoisotopic (exact) mass is 602 g/mol. The molecule has 0 fully saturated rings. The van der Waals surface area contributed by atoms with Crippen molar-refractivity contribution < 1.29 is 40.2 Å². The second-order valence-corrected chi connectivity index (χ2v) is 4.20. The maximum atomic E-state index is 2.27. The second kappa shape index (κ2) is 17.3. The molecule has 0 nitrogen and oxygen atoms in total. The van der Waals surface area contributed by atoms with Crippen LogP contribution in [0.1, 0.15) is 51.4 Å². The van der Waals surface area contributed by atoms with Gasteiger partial charge in [-0.15, -0.1) is 0 Å². The fourth-order valence-electron chi connectivity index (χ4n) is 1.71. The van der Waals surface area contributed by atoms with Gasteiger partial charge in [0.25, 0.3) is 0 Å². The fraction of sp³-hybridized carbons (Fsp3) is 0.500. The van der Waals surface area contributed by atoms with Gasteiger partial charge in [0.1, 0.15) is 0 Å². The van der Waals surface area contributed by atoms with Crippen LogP contribution in [0.25, 0.3) is 0 Å². The normalized spacial score (nSPS) is 17.8. The van der Waals surface area contributed by atoms with Crippen molar-refractivity contribution in [3.05, 3.63) is 48.6 Å². The van der Waals surface area contributed by atoms with Crippen LogP contribution in [0.2, 0.25) is 0 Å². The maximum Gasteiger partial charge on any atom is 0 e. The first-order valence-corrected chi connectivity index (χ1v) is 6.60. The van der Waals surface area contributed by atoms with E-state index in [1.54, 1.807) is 0 Å². The zero-order valence-electron chi connectivity index (χ0n) is 10.9. The molecule has 0 heterocycles. The van der Waals surface area contributed by atoms with Crippen molar-refractivity contribution in [1.82, 2.24) is 0 Å². The van der Waals surface area contributed by atoms with Crippen molar-refractivity contribution in [3.63, 3.8) is 0 Å².